The van der Waals surface area contributed by atoms with E-state index in [0.29, 0.717) is 6.54 Å². The summed E-state index contributed by atoms with van der Waals surface area (Å²) >= 11 is 3.44. The number of hydrogen-bond acceptors (Lipinski definition) is 5. The molecule has 2 rings (SSSR count). The zero-order chi connectivity index (χ0) is 14.4. The third-order valence-electron chi connectivity index (χ3n) is 2.76. The third kappa shape index (κ3) is 4.47. The summed E-state index contributed by atoms with van der Waals surface area (Å²) in [6.45, 7) is 2.73. The maximum Gasteiger partial charge on any atom is 0.135 e. The SMILES string of the molecule is CC(CCN)Nc1cc(Nc2cccc(Br)c2)ncn1. The minimum absolute atomic E-state index is 0.286. The molecule has 0 spiro atoms. The highest BCUT2D eigenvalue weighted by atomic mass is 79.9. The maximum absolute atomic E-state index is 5.54. The van der Waals surface area contributed by atoms with Crippen LogP contribution in [0, 0.1) is 0 Å². The molecule has 106 valence electrons. The fraction of sp³-hybridized carbons (Fsp3) is 0.286. The van der Waals surface area contributed by atoms with Crippen molar-refractivity contribution in [3.05, 3.63) is 41.1 Å². The Balaban J connectivity index is 2.06. The van der Waals surface area contributed by atoms with E-state index >= 15 is 0 Å². The van der Waals surface area contributed by atoms with Crippen molar-refractivity contribution in [2.45, 2.75) is 19.4 Å². The van der Waals surface area contributed by atoms with Gasteiger partial charge in [0, 0.05) is 22.3 Å². The number of hydrogen-bond donors (Lipinski definition) is 3. The molecule has 1 heterocycles. The number of rotatable bonds is 6. The van der Waals surface area contributed by atoms with Crippen molar-refractivity contribution in [1.29, 1.82) is 0 Å². The highest BCUT2D eigenvalue weighted by Crippen LogP contribution is 2.20. The molecule has 0 bridgehead atoms. The van der Waals surface area contributed by atoms with Crippen molar-refractivity contribution in [2.75, 3.05) is 17.2 Å². The van der Waals surface area contributed by atoms with Crippen LogP contribution in [0.15, 0.2) is 41.1 Å². The summed E-state index contributed by atoms with van der Waals surface area (Å²) in [5, 5.41) is 6.54. The second-order valence-corrected chi connectivity index (χ2v) is 5.46. The molecule has 0 aliphatic heterocycles. The highest BCUT2D eigenvalue weighted by molar-refractivity contribution is 9.10. The molecule has 0 radical (unpaired) electrons. The molecule has 20 heavy (non-hydrogen) atoms. The molecule has 1 unspecified atom stereocenters. The summed E-state index contributed by atoms with van der Waals surface area (Å²) in [6, 6.07) is 10.1. The van der Waals surface area contributed by atoms with Gasteiger partial charge in [-0.25, -0.2) is 9.97 Å². The van der Waals surface area contributed by atoms with Gasteiger partial charge in [-0.2, -0.15) is 0 Å². The van der Waals surface area contributed by atoms with E-state index in [4.69, 9.17) is 5.73 Å². The number of aromatic nitrogens is 2. The van der Waals surface area contributed by atoms with Gasteiger partial charge in [0.05, 0.1) is 0 Å². The largest absolute Gasteiger partial charge is 0.367 e. The van der Waals surface area contributed by atoms with E-state index < -0.39 is 0 Å². The van der Waals surface area contributed by atoms with Crippen molar-refractivity contribution in [3.8, 4) is 0 Å². The first-order chi connectivity index (χ1) is 9.67. The number of halogens is 1. The van der Waals surface area contributed by atoms with Gasteiger partial charge in [-0.05, 0) is 38.1 Å². The number of nitrogens with two attached hydrogens (primary N) is 1. The minimum atomic E-state index is 0.286. The van der Waals surface area contributed by atoms with Gasteiger partial charge < -0.3 is 16.4 Å². The van der Waals surface area contributed by atoms with Crippen LogP contribution in [0.25, 0.3) is 0 Å². The predicted molar refractivity (Wildman–Crippen MR) is 86.2 cm³/mol. The lowest BCUT2D eigenvalue weighted by atomic mass is 10.2. The predicted octanol–water partition coefficient (Wildman–Crippen LogP) is 3.13. The molecule has 0 aliphatic rings. The van der Waals surface area contributed by atoms with Crippen LogP contribution in [0.1, 0.15) is 13.3 Å². The number of nitrogens with zero attached hydrogens (tertiary/aromatic N) is 2. The van der Waals surface area contributed by atoms with Crippen LogP contribution in [0.4, 0.5) is 17.3 Å². The Kier molecular flexibility index (Phi) is 5.31. The molecule has 2 aromatic rings. The molecule has 0 saturated heterocycles. The van der Waals surface area contributed by atoms with E-state index in [9.17, 15) is 0 Å². The minimum Gasteiger partial charge on any atom is -0.367 e. The molecule has 1 atom stereocenters. The second-order valence-electron chi connectivity index (χ2n) is 4.55. The van der Waals surface area contributed by atoms with Crippen molar-refractivity contribution in [3.63, 3.8) is 0 Å². The van der Waals surface area contributed by atoms with Gasteiger partial charge >= 0.3 is 0 Å². The smallest absolute Gasteiger partial charge is 0.135 e. The fourth-order valence-corrected chi connectivity index (χ4v) is 2.19. The van der Waals surface area contributed by atoms with Gasteiger partial charge in [-0.3, -0.25) is 0 Å². The average Bonchev–Trinajstić information content (AvgIpc) is 2.39. The van der Waals surface area contributed by atoms with Gasteiger partial charge in [-0.15, -0.1) is 0 Å². The van der Waals surface area contributed by atoms with Crippen molar-refractivity contribution in [2.24, 2.45) is 5.73 Å². The lowest BCUT2D eigenvalue weighted by Gasteiger charge is -2.14. The Morgan fingerprint density at radius 1 is 1.25 bits per heavy atom. The molecule has 0 fully saturated rings. The normalized spacial score (nSPS) is 11.9. The quantitative estimate of drug-likeness (QED) is 0.756. The van der Waals surface area contributed by atoms with Crippen LogP contribution in [-0.4, -0.2) is 22.6 Å². The fourth-order valence-electron chi connectivity index (χ4n) is 1.79. The van der Waals surface area contributed by atoms with Crippen molar-refractivity contribution >= 4 is 33.3 Å². The van der Waals surface area contributed by atoms with E-state index in [1.807, 2.05) is 30.3 Å². The van der Waals surface area contributed by atoms with Crippen LogP contribution < -0.4 is 16.4 Å². The maximum atomic E-state index is 5.54. The molecule has 5 nitrogen and oxygen atoms in total. The monoisotopic (exact) mass is 335 g/mol. The van der Waals surface area contributed by atoms with E-state index in [2.05, 4.69) is 43.5 Å². The van der Waals surface area contributed by atoms with E-state index in [0.717, 1.165) is 28.2 Å². The third-order valence-corrected chi connectivity index (χ3v) is 3.25. The first-order valence-corrected chi connectivity index (χ1v) is 7.28. The highest BCUT2D eigenvalue weighted by Gasteiger charge is 2.04. The molecule has 0 amide bonds. The molecule has 1 aromatic heterocycles. The lowest BCUT2D eigenvalue weighted by molar-refractivity contribution is 0.713. The Bertz CT molecular complexity index is 561. The summed E-state index contributed by atoms with van der Waals surface area (Å²) in [5.74, 6) is 1.54. The van der Waals surface area contributed by atoms with Crippen molar-refractivity contribution in [1.82, 2.24) is 9.97 Å². The van der Waals surface area contributed by atoms with Crippen LogP contribution in [0.5, 0.6) is 0 Å². The Morgan fingerprint density at radius 2 is 2.05 bits per heavy atom. The molecule has 6 heteroatoms. The van der Waals surface area contributed by atoms with Gasteiger partial charge in [0.15, 0.2) is 0 Å². The van der Waals surface area contributed by atoms with Crippen LogP contribution >= 0.6 is 15.9 Å². The number of benzene rings is 1. The Labute approximate surface area is 127 Å². The van der Waals surface area contributed by atoms with E-state index in [-0.39, 0.29) is 6.04 Å². The summed E-state index contributed by atoms with van der Waals surface area (Å²) in [6.07, 6.45) is 2.44. The van der Waals surface area contributed by atoms with Gasteiger partial charge in [0.1, 0.15) is 18.0 Å². The van der Waals surface area contributed by atoms with Crippen LogP contribution in [0.3, 0.4) is 0 Å². The first kappa shape index (κ1) is 14.7. The zero-order valence-corrected chi connectivity index (χ0v) is 12.9. The average molecular weight is 336 g/mol. The molecule has 0 saturated carbocycles. The number of nitrogens with one attached hydrogen (secondary N) is 2. The Hall–Kier alpha value is -1.66. The molecular formula is C14H18BrN5. The lowest BCUT2D eigenvalue weighted by Crippen LogP contribution is -2.20. The van der Waals surface area contributed by atoms with E-state index in [1.165, 1.54) is 6.33 Å². The molecular weight excluding hydrogens is 318 g/mol. The van der Waals surface area contributed by atoms with Crippen LogP contribution in [0.2, 0.25) is 0 Å². The Morgan fingerprint density at radius 3 is 2.80 bits per heavy atom. The summed E-state index contributed by atoms with van der Waals surface area (Å²) in [4.78, 5) is 8.42. The van der Waals surface area contributed by atoms with Crippen molar-refractivity contribution < 1.29 is 0 Å². The topological polar surface area (TPSA) is 75.9 Å². The summed E-state index contributed by atoms with van der Waals surface area (Å²) in [7, 11) is 0. The van der Waals surface area contributed by atoms with E-state index in [1.54, 1.807) is 0 Å². The molecule has 4 N–H and O–H groups in total. The summed E-state index contributed by atoms with van der Waals surface area (Å²) in [5.41, 5.74) is 6.51. The summed E-state index contributed by atoms with van der Waals surface area (Å²) < 4.78 is 1.02. The first-order valence-electron chi connectivity index (χ1n) is 6.48. The van der Waals surface area contributed by atoms with Gasteiger partial charge in [0.2, 0.25) is 0 Å². The van der Waals surface area contributed by atoms with Crippen LogP contribution in [-0.2, 0) is 0 Å². The molecule has 1 aromatic carbocycles. The van der Waals surface area contributed by atoms with Gasteiger partial charge in [-0.1, -0.05) is 22.0 Å². The standard InChI is InChI=1S/C14H18BrN5/c1-10(5-6-16)19-13-8-14(18-9-17-13)20-12-4-2-3-11(15)7-12/h2-4,7-10H,5-6,16H2,1H3,(H2,17,18,19,20). The second kappa shape index (κ2) is 7.21. The number of anilines is 3. The molecule has 0 aliphatic carbocycles. The zero-order valence-electron chi connectivity index (χ0n) is 11.3. The van der Waals surface area contributed by atoms with Gasteiger partial charge in [0.25, 0.3) is 0 Å².